The molecule has 106 valence electrons. The molecule has 0 radical (unpaired) electrons. The number of likely N-dealkylation sites (N-methyl/N-ethyl adjacent to an activating group) is 1. The highest BCUT2D eigenvalue weighted by Gasteiger charge is 2.42. The van der Waals surface area contributed by atoms with Gasteiger partial charge in [-0.1, -0.05) is 12.2 Å². The normalized spacial score (nSPS) is 37.3. The van der Waals surface area contributed by atoms with Gasteiger partial charge in [-0.3, -0.25) is 4.79 Å². The molecular formula is C16H26N2O. The first kappa shape index (κ1) is 13.2. The van der Waals surface area contributed by atoms with E-state index < -0.39 is 0 Å². The minimum atomic E-state index is 0.290. The molecule has 2 fully saturated rings. The Kier molecular flexibility index (Phi) is 3.66. The largest absolute Gasteiger partial charge is 0.338 e. The Balaban J connectivity index is 1.68. The Morgan fingerprint density at radius 3 is 2.74 bits per heavy atom. The van der Waals surface area contributed by atoms with Crippen LogP contribution in [-0.2, 0) is 4.79 Å². The van der Waals surface area contributed by atoms with E-state index >= 15 is 0 Å². The maximum atomic E-state index is 12.9. The molecule has 1 saturated carbocycles. The summed E-state index contributed by atoms with van der Waals surface area (Å²) in [7, 11) is 4.22. The van der Waals surface area contributed by atoms with Crippen LogP contribution in [0.5, 0.6) is 0 Å². The van der Waals surface area contributed by atoms with Crippen molar-refractivity contribution in [3.8, 4) is 0 Å². The van der Waals surface area contributed by atoms with Gasteiger partial charge in [0.05, 0.1) is 0 Å². The van der Waals surface area contributed by atoms with Crippen molar-refractivity contribution in [2.24, 2.45) is 17.8 Å². The number of fused-ring (bicyclic) bond motifs is 2. The second-order valence-corrected chi connectivity index (χ2v) is 6.83. The van der Waals surface area contributed by atoms with Gasteiger partial charge < -0.3 is 9.80 Å². The van der Waals surface area contributed by atoms with Crippen molar-refractivity contribution in [2.75, 3.05) is 27.2 Å². The van der Waals surface area contributed by atoms with E-state index in [2.05, 4.69) is 36.0 Å². The number of hydrogen-bond donors (Lipinski definition) is 0. The van der Waals surface area contributed by atoms with Gasteiger partial charge in [0.15, 0.2) is 0 Å². The van der Waals surface area contributed by atoms with Crippen LogP contribution in [0.2, 0.25) is 0 Å². The van der Waals surface area contributed by atoms with Gasteiger partial charge in [0, 0.05) is 25.0 Å². The Bertz CT molecular complexity index is 377. The molecule has 1 unspecified atom stereocenters. The number of rotatable bonds is 3. The van der Waals surface area contributed by atoms with Gasteiger partial charge in [0.2, 0.25) is 5.91 Å². The third-order valence-corrected chi connectivity index (χ3v) is 5.08. The zero-order chi connectivity index (χ0) is 13.4. The Hall–Kier alpha value is -0.830. The van der Waals surface area contributed by atoms with Crippen LogP contribution in [0.25, 0.3) is 0 Å². The number of carbonyl (C=O) groups excluding carboxylic acids is 1. The van der Waals surface area contributed by atoms with Crippen molar-refractivity contribution in [3.05, 3.63) is 12.2 Å². The van der Waals surface area contributed by atoms with Gasteiger partial charge >= 0.3 is 0 Å². The van der Waals surface area contributed by atoms with E-state index in [0.29, 0.717) is 23.8 Å². The summed E-state index contributed by atoms with van der Waals surface area (Å²) in [5.74, 6) is 1.97. The number of hydrogen-bond acceptors (Lipinski definition) is 2. The van der Waals surface area contributed by atoms with E-state index in [0.717, 1.165) is 19.5 Å². The predicted molar refractivity (Wildman–Crippen MR) is 76.8 cm³/mol. The van der Waals surface area contributed by atoms with E-state index in [9.17, 15) is 4.79 Å². The third kappa shape index (κ3) is 2.58. The summed E-state index contributed by atoms with van der Waals surface area (Å²) in [6, 6.07) is 0.444. The average molecular weight is 262 g/mol. The van der Waals surface area contributed by atoms with Crippen molar-refractivity contribution in [1.29, 1.82) is 0 Å². The van der Waals surface area contributed by atoms with Crippen molar-refractivity contribution >= 4 is 5.91 Å². The average Bonchev–Trinajstić information content (AvgIpc) is 3.00. The lowest BCUT2D eigenvalue weighted by Gasteiger charge is -2.39. The maximum Gasteiger partial charge on any atom is 0.226 e. The number of amides is 1. The van der Waals surface area contributed by atoms with Gasteiger partial charge in [-0.25, -0.2) is 0 Å². The van der Waals surface area contributed by atoms with Gasteiger partial charge in [0.25, 0.3) is 0 Å². The van der Waals surface area contributed by atoms with Crippen LogP contribution in [-0.4, -0.2) is 48.9 Å². The Labute approximate surface area is 116 Å². The molecule has 3 nitrogen and oxygen atoms in total. The third-order valence-electron chi connectivity index (χ3n) is 5.08. The molecule has 0 aromatic rings. The molecule has 19 heavy (non-hydrogen) atoms. The smallest absolute Gasteiger partial charge is 0.226 e. The monoisotopic (exact) mass is 262 g/mol. The first-order valence-corrected chi connectivity index (χ1v) is 7.78. The fourth-order valence-corrected chi connectivity index (χ4v) is 4.18. The SMILES string of the molecule is CN(C)CC1CCCCN1C(=O)[C@@H]1C[C@@H]2C=C[C@H]1C2. The lowest BCUT2D eigenvalue weighted by Crippen LogP contribution is -2.50. The molecule has 0 spiro atoms. The first-order valence-electron chi connectivity index (χ1n) is 7.78. The molecule has 3 aliphatic rings. The Morgan fingerprint density at radius 2 is 2.11 bits per heavy atom. The summed E-state index contributed by atoms with van der Waals surface area (Å²) in [5, 5.41) is 0. The number of nitrogens with zero attached hydrogens (tertiary/aromatic N) is 2. The summed E-state index contributed by atoms with van der Waals surface area (Å²) < 4.78 is 0. The fourth-order valence-electron chi connectivity index (χ4n) is 4.18. The zero-order valence-electron chi connectivity index (χ0n) is 12.2. The number of carbonyl (C=O) groups is 1. The van der Waals surface area contributed by atoms with Gasteiger partial charge in [-0.05, 0) is 58.0 Å². The van der Waals surface area contributed by atoms with Crippen LogP contribution in [0.1, 0.15) is 32.1 Å². The van der Waals surface area contributed by atoms with Crippen LogP contribution in [0.15, 0.2) is 12.2 Å². The minimum absolute atomic E-state index is 0.290. The van der Waals surface area contributed by atoms with Crippen molar-refractivity contribution in [3.63, 3.8) is 0 Å². The lowest BCUT2D eigenvalue weighted by molar-refractivity contribution is -0.140. The molecule has 0 aromatic heterocycles. The Morgan fingerprint density at radius 1 is 1.26 bits per heavy atom. The van der Waals surface area contributed by atoms with E-state index in [4.69, 9.17) is 0 Å². The van der Waals surface area contributed by atoms with Crippen LogP contribution < -0.4 is 0 Å². The lowest BCUT2D eigenvalue weighted by atomic mass is 9.90. The molecule has 2 bridgehead atoms. The summed E-state index contributed by atoms with van der Waals surface area (Å²) in [4.78, 5) is 17.3. The second-order valence-electron chi connectivity index (χ2n) is 6.83. The van der Waals surface area contributed by atoms with Crippen LogP contribution in [0.3, 0.4) is 0 Å². The standard InChI is InChI=1S/C16H26N2O/c1-17(2)11-14-5-3-4-8-18(14)16(19)15-10-12-6-7-13(15)9-12/h6-7,12-15H,3-5,8-11H2,1-2H3/t12-,13+,14?,15-/m1/s1. The van der Waals surface area contributed by atoms with Gasteiger partial charge in [0.1, 0.15) is 0 Å². The molecule has 1 amide bonds. The molecule has 1 aliphatic heterocycles. The van der Waals surface area contributed by atoms with Crippen molar-refractivity contribution < 1.29 is 4.79 Å². The van der Waals surface area contributed by atoms with Crippen molar-refractivity contribution in [1.82, 2.24) is 9.80 Å². The molecule has 1 saturated heterocycles. The number of likely N-dealkylation sites (tertiary alicyclic amines) is 1. The van der Waals surface area contributed by atoms with E-state index in [1.54, 1.807) is 0 Å². The quantitative estimate of drug-likeness (QED) is 0.728. The topological polar surface area (TPSA) is 23.6 Å². The highest BCUT2D eigenvalue weighted by atomic mass is 16.2. The number of allylic oxidation sites excluding steroid dienone is 2. The summed E-state index contributed by atoms with van der Waals surface area (Å²) >= 11 is 0. The maximum absolute atomic E-state index is 12.9. The van der Waals surface area contributed by atoms with E-state index in [-0.39, 0.29) is 5.92 Å². The van der Waals surface area contributed by atoms with Gasteiger partial charge in [-0.15, -0.1) is 0 Å². The van der Waals surface area contributed by atoms with Gasteiger partial charge in [-0.2, -0.15) is 0 Å². The molecule has 4 atom stereocenters. The number of piperidine rings is 1. The fraction of sp³-hybridized carbons (Fsp3) is 0.812. The highest BCUT2D eigenvalue weighted by Crippen LogP contribution is 2.44. The van der Waals surface area contributed by atoms with Crippen LogP contribution >= 0.6 is 0 Å². The first-order chi connectivity index (χ1) is 9.15. The molecule has 3 rings (SSSR count). The highest BCUT2D eigenvalue weighted by molar-refractivity contribution is 5.80. The summed E-state index contributed by atoms with van der Waals surface area (Å²) in [6.45, 7) is 2.00. The molecule has 3 heteroatoms. The van der Waals surface area contributed by atoms with E-state index in [1.807, 2.05) is 0 Å². The minimum Gasteiger partial charge on any atom is -0.338 e. The molecule has 2 aliphatic carbocycles. The summed E-state index contributed by atoms with van der Waals surface area (Å²) in [6.07, 6.45) is 10.6. The zero-order valence-corrected chi connectivity index (χ0v) is 12.2. The molecule has 0 aromatic carbocycles. The van der Waals surface area contributed by atoms with Crippen LogP contribution in [0, 0.1) is 17.8 Å². The van der Waals surface area contributed by atoms with Crippen LogP contribution in [0.4, 0.5) is 0 Å². The van der Waals surface area contributed by atoms with Crippen molar-refractivity contribution in [2.45, 2.75) is 38.1 Å². The molecule has 1 heterocycles. The second kappa shape index (κ2) is 5.28. The van der Waals surface area contributed by atoms with E-state index in [1.165, 1.54) is 25.7 Å². The molecular weight excluding hydrogens is 236 g/mol. The molecule has 0 N–H and O–H groups in total. The predicted octanol–water partition coefficient (Wildman–Crippen LogP) is 2.14. The summed E-state index contributed by atoms with van der Waals surface area (Å²) in [5.41, 5.74) is 0.